The van der Waals surface area contributed by atoms with E-state index in [1.165, 1.54) is 17.7 Å². The molecule has 11 heteroatoms. The first-order valence-electron chi connectivity index (χ1n) is 9.61. The first-order chi connectivity index (χ1) is 15.3. The Bertz CT molecular complexity index is 1350. The van der Waals surface area contributed by atoms with Crippen LogP contribution in [-0.4, -0.2) is 32.3 Å². The molecule has 164 valence electrons. The minimum absolute atomic E-state index is 0.0229. The highest BCUT2D eigenvalue weighted by Crippen LogP contribution is 2.22. The Morgan fingerprint density at radius 3 is 2.59 bits per heavy atom. The van der Waals surface area contributed by atoms with E-state index in [0.717, 1.165) is 22.3 Å². The summed E-state index contributed by atoms with van der Waals surface area (Å²) in [6, 6.07) is 6.62. The molecule has 1 aliphatic heterocycles. The molecule has 0 radical (unpaired) electrons. The van der Waals surface area contributed by atoms with Crippen LogP contribution < -0.4 is 21.9 Å². The van der Waals surface area contributed by atoms with Gasteiger partial charge in [-0.1, -0.05) is 6.07 Å². The predicted molar refractivity (Wildman–Crippen MR) is 113 cm³/mol. The fourth-order valence-corrected chi connectivity index (χ4v) is 3.27. The van der Waals surface area contributed by atoms with Crippen LogP contribution in [0.25, 0.3) is 0 Å². The van der Waals surface area contributed by atoms with Gasteiger partial charge in [0.15, 0.2) is 17.3 Å². The van der Waals surface area contributed by atoms with Crippen LogP contribution in [0.2, 0.25) is 0 Å². The van der Waals surface area contributed by atoms with Gasteiger partial charge in [0.1, 0.15) is 11.5 Å². The molecule has 3 aromatic rings. The van der Waals surface area contributed by atoms with Gasteiger partial charge in [0.25, 0.3) is 11.5 Å². The lowest BCUT2D eigenvalue weighted by Gasteiger charge is -2.20. The van der Waals surface area contributed by atoms with E-state index >= 15 is 0 Å². The maximum atomic E-state index is 13.5. The smallest absolute Gasteiger partial charge is 0.332 e. The summed E-state index contributed by atoms with van der Waals surface area (Å²) < 4.78 is 28.8. The molecule has 0 saturated carbocycles. The number of amides is 1. The number of benzene rings is 1. The zero-order valence-electron chi connectivity index (χ0n) is 16.9. The van der Waals surface area contributed by atoms with E-state index < -0.39 is 28.8 Å². The number of aromatic nitrogens is 3. The summed E-state index contributed by atoms with van der Waals surface area (Å²) in [5.41, 5.74) is -0.386. The summed E-state index contributed by atoms with van der Waals surface area (Å²) in [6.45, 7) is -0.00890. The van der Waals surface area contributed by atoms with Gasteiger partial charge in [0.05, 0.1) is 13.1 Å². The van der Waals surface area contributed by atoms with Crippen molar-refractivity contribution in [2.75, 3.05) is 11.9 Å². The van der Waals surface area contributed by atoms with Crippen molar-refractivity contribution in [1.29, 1.82) is 0 Å². The van der Waals surface area contributed by atoms with Crippen LogP contribution in [0, 0.1) is 11.6 Å². The van der Waals surface area contributed by atoms with Gasteiger partial charge in [-0.25, -0.2) is 18.6 Å². The summed E-state index contributed by atoms with van der Waals surface area (Å²) in [6.07, 6.45) is 3.21. The highest BCUT2D eigenvalue weighted by Gasteiger charge is 2.24. The molecule has 32 heavy (non-hydrogen) atoms. The molecule has 4 rings (SSSR count). The largest absolute Gasteiger partial charge is 0.364 e. The quantitative estimate of drug-likeness (QED) is 0.617. The SMILES string of the molecule is Cn1c2c(c(=O)n(Cc3ccc(F)c(F)c3)c1=O)N=C(C(=O)NCc1ccncc1)CN2. The fourth-order valence-electron chi connectivity index (χ4n) is 3.27. The summed E-state index contributed by atoms with van der Waals surface area (Å²) in [5, 5.41) is 5.61. The van der Waals surface area contributed by atoms with Crippen molar-refractivity contribution < 1.29 is 13.6 Å². The molecule has 0 spiro atoms. The number of fused-ring (bicyclic) bond motifs is 1. The van der Waals surface area contributed by atoms with Crippen molar-refractivity contribution in [2.45, 2.75) is 13.1 Å². The number of nitrogens with one attached hydrogen (secondary N) is 2. The van der Waals surface area contributed by atoms with E-state index in [-0.39, 0.29) is 42.4 Å². The zero-order valence-corrected chi connectivity index (χ0v) is 16.9. The topological polar surface area (TPSA) is 110 Å². The van der Waals surface area contributed by atoms with Crippen LogP contribution in [0.1, 0.15) is 11.1 Å². The molecule has 0 atom stereocenters. The van der Waals surface area contributed by atoms with Crippen molar-refractivity contribution in [1.82, 2.24) is 19.4 Å². The Morgan fingerprint density at radius 2 is 1.88 bits per heavy atom. The number of rotatable bonds is 5. The molecular weight excluding hydrogens is 422 g/mol. The average Bonchev–Trinajstić information content (AvgIpc) is 2.81. The van der Waals surface area contributed by atoms with Crippen LogP contribution in [0.4, 0.5) is 20.3 Å². The van der Waals surface area contributed by atoms with E-state index in [4.69, 9.17) is 0 Å². The number of hydrogen-bond acceptors (Lipinski definition) is 6. The second-order valence-corrected chi connectivity index (χ2v) is 7.13. The molecule has 2 aromatic heterocycles. The predicted octanol–water partition coefficient (Wildman–Crippen LogP) is 1.08. The standard InChI is InChI=1S/C21H18F2N6O3/c1-28-18-17(20(31)29(21(28)32)11-13-2-3-14(22)15(23)8-13)27-16(10-25-18)19(30)26-9-12-4-6-24-7-5-12/h2-8,25H,9-11H2,1H3,(H,26,30). The van der Waals surface area contributed by atoms with E-state index in [2.05, 4.69) is 20.6 Å². The first-order valence-corrected chi connectivity index (χ1v) is 9.61. The Morgan fingerprint density at radius 1 is 1.12 bits per heavy atom. The number of carbonyl (C=O) groups is 1. The monoisotopic (exact) mass is 440 g/mol. The Balaban J connectivity index is 1.65. The second kappa shape index (κ2) is 8.53. The molecule has 1 aromatic carbocycles. The van der Waals surface area contributed by atoms with E-state index in [1.54, 1.807) is 24.5 Å². The lowest BCUT2D eigenvalue weighted by Crippen LogP contribution is -2.43. The van der Waals surface area contributed by atoms with Crippen molar-refractivity contribution in [3.05, 3.63) is 86.3 Å². The zero-order chi connectivity index (χ0) is 22.8. The first kappa shape index (κ1) is 21.1. The minimum atomic E-state index is -1.09. The molecule has 2 N–H and O–H groups in total. The van der Waals surface area contributed by atoms with E-state index in [9.17, 15) is 23.2 Å². The molecule has 0 saturated heterocycles. The van der Waals surface area contributed by atoms with Gasteiger partial charge in [0.2, 0.25) is 0 Å². The Hall–Kier alpha value is -4.15. The number of pyridine rings is 1. The van der Waals surface area contributed by atoms with Gasteiger partial charge < -0.3 is 10.6 Å². The molecule has 0 unspecified atom stereocenters. The van der Waals surface area contributed by atoms with Crippen LogP contribution in [-0.2, 0) is 24.9 Å². The number of carbonyl (C=O) groups excluding carboxylic acids is 1. The number of nitrogens with zero attached hydrogens (tertiary/aromatic N) is 4. The summed E-state index contributed by atoms with van der Waals surface area (Å²) in [7, 11) is 1.44. The van der Waals surface area contributed by atoms with Gasteiger partial charge in [-0.05, 0) is 35.4 Å². The van der Waals surface area contributed by atoms with Crippen LogP contribution in [0.15, 0.2) is 57.3 Å². The average molecular weight is 440 g/mol. The second-order valence-electron chi connectivity index (χ2n) is 7.13. The van der Waals surface area contributed by atoms with Crippen LogP contribution >= 0.6 is 0 Å². The minimum Gasteiger partial charge on any atom is -0.364 e. The molecule has 1 amide bonds. The van der Waals surface area contributed by atoms with Gasteiger partial charge in [0, 0.05) is 26.0 Å². The summed E-state index contributed by atoms with van der Waals surface area (Å²) in [5.74, 6) is -2.42. The number of anilines is 1. The van der Waals surface area contributed by atoms with Gasteiger partial charge in [-0.2, -0.15) is 0 Å². The van der Waals surface area contributed by atoms with Crippen molar-refractivity contribution >= 4 is 23.1 Å². The Labute approximate surface area is 180 Å². The van der Waals surface area contributed by atoms with Crippen molar-refractivity contribution in [3.8, 4) is 0 Å². The number of hydrogen-bond donors (Lipinski definition) is 2. The third-order valence-corrected chi connectivity index (χ3v) is 4.98. The molecule has 0 aliphatic carbocycles. The van der Waals surface area contributed by atoms with E-state index in [0.29, 0.717) is 0 Å². The lowest BCUT2D eigenvalue weighted by atomic mass is 10.2. The van der Waals surface area contributed by atoms with Crippen molar-refractivity contribution in [3.63, 3.8) is 0 Å². The lowest BCUT2D eigenvalue weighted by molar-refractivity contribution is -0.115. The van der Waals surface area contributed by atoms with Crippen LogP contribution in [0.5, 0.6) is 0 Å². The fraction of sp³-hybridized carbons (Fsp3) is 0.190. The molecule has 0 bridgehead atoms. The molecule has 9 nitrogen and oxygen atoms in total. The third-order valence-electron chi connectivity index (χ3n) is 4.98. The number of aliphatic imine (C=N–C) groups is 1. The van der Waals surface area contributed by atoms with E-state index in [1.807, 2.05) is 0 Å². The molecular formula is C21H18F2N6O3. The maximum Gasteiger partial charge on any atom is 0.332 e. The summed E-state index contributed by atoms with van der Waals surface area (Å²) >= 11 is 0. The Kier molecular flexibility index (Phi) is 5.63. The highest BCUT2D eigenvalue weighted by atomic mass is 19.2. The van der Waals surface area contributed by atoms with Gasteiger partial charge in [-0.15, -0.1) is 0 Å². The highest BCUT2D eigenvalue weighted by molar-refractivity contribution is 6.41. The van der Waals surface area contributed by atoms with Gasteiger partial charge in [-0.3, -0.25) is 23.7 Å². The maximum absolute atomic E-state index is 13.5. The van der Waals surface area contributed by atoms with Crippen LogP contribution in [0.3, 0.4) is 0 Å². The summed E-state index contributed by atoms with van der Waals surface area (Å²) in [4.78, 5) is 46.3. The molecule has 0 fully saturated rings. The molecule has 3 heterocycles. The molecule has 1 aliphatic rings. The van der Waals surface area contributed by atoms with Crippen molar-refractivity contribution in [2.24, 2.45) is 12.0 Å². The van der Waals surface area contributed by atoms with Gasteiger partial charge >= 0.3 is 5.69 Å². The third kappa shape index (κ3) is 4.04. The normalized spacial score (nSPS) is 12.5. The number of halogens is 2.